The number of aryl methyl sites for hydroxylation is 1. The van der Waals surface area contributed by atoms with Crippen LogP contribution in [0.4, 0.5) is 11.5 Å². The molecule has 0 saturated heterocycles. The van der Waals surface area contributed by atoms with Gasteiger partial charge in [-0.25, -0.2) is 4.98 Å². The molecule has 5 heteroatoms. The first-order valence-corrected chi connectivity index (χ1v) is 6.26. The molecule has 1 fully saturated rings. The summed E-state index contributed by atoms with van der Waals surface area (Å²) in [5.74, 6) is 0.460. The first-order valence-electron chi connectivity index (χ1n) is 6.26. The van der Waals surface area contributed by atoms with Crippen molar-refractivity contribution >= 4 is 17.5 Å². The molecule has 0 radical (unpaired) electrons. The summed E-state index contributed by atoms with van der Waals surface area (Å²) < 4.78 is 4.99. The van der Waals surface area contributed by atoms with E-state index >= 15 is 0 Å². The van der Waals surface area contributed by atoms with Crippen molar-refractivity contribution in [2.45, 2.75) is 32.7 Å². The lowest BCUT2D eigenvalue weighted by Gasteiger charge is -2.23. The zero-order chi connectivity index (χ0) is 13.1. The van der Waals surface area contributed by atoms with E-state index in [1.165, 1.54) is 0 Å². The lowest BCUT2D eigenvalue weighted by Crippen LogP contribution is -2.34. The van der Waals surface area contributed by atoms with E-state index in [-0.39, 0.29) is 12.5 Å². The molecule has 1 saturated carbocycles. The first kappa shape index (κ1) is 12.7. The van der Waals surface area contributed by atoms with Gasteiger partial charge in [0.1, 0.15) is 6.54 Å². The zero-order valence-electron chi connectivity index (χ0n) is 10.8. The van der Waals surface area contributed by atoms with Crippen molar-refractivity contribution in [2.24, 2.45) is 0 Å². The van der Waals surface area contributed by atoms with Crippen molar-refractivity contribution < 1.29 is 9.53 Å². The lowest BCUT2D eigenvalue weighted by molar-refractivity contribution is -0.141. The lowest BCUT2D eigenvalue weighted by atomic mass is 10.2. The minimum Gasteiger partial charge on any atom is -0.465 e. The van der Waals surface area contributed by atoms with Gasteiger partial charge in [-0.15, -0.1) is 0 Å². The Morgan fingerprint density at radius 2 is 2.33 bits per heavy atom. The molecular weight excluding hydrogens is 230 g/mol. The summed E-state index contributed by atoms with van der Waals surface area (Å²) in [6, 6.07) is 2.25. The number of carbonyl (C=O) groups excluding carboxylic acids is 1. The number of carbonyl (C=O) groups is 1. The molecule has 0 atom stereocenters. The molecule has 0 amide bonds. The second-order valence-electron chi connectivity index (χ2n) is 4.59. The zero-order valence-corrected chi connectivity index (χ0v) is 10.8. The predicted octanol–water partition coefficient (Wildman–Crippen LogP) is 1.50. The Hall–Kier alpha value is -1.78. The quantitative estimate of drug-likeness (QED) is 0.801. The van der Waals surface area contributed by atoms with Crippen LogP contribution in [0.3, 0.4) is 0 Å². The third-order valence-corrected chi connectivity index (χ3v) is 2.90. The van der Waals surface area contributed by atoms with Crippen molar-refractivity contribution in [1.82, 2.24) is 4.98 Å². The van der Waals surface area contributed by atoms with Gasteiger partial charge in [0.25, 0.3) is 0 Å². The normalized spacial score (nSPS) is 14.3. The van der Waals surface area contributed by atoms with Crippen molar-refractivity contribution in [3.05, 3.63) is 17.8 Å². The average molecular weight is 249 g/mol. The molecule has 1 aromatic rings. The molecule has 0 aliphatic heterocycles. The summed E-state index contributed by atoms with van der Waals surface area (Å²) in [6.45, 7) is 4.37. The first-order chi connectivity index (χ1) is 8.61. The van der Waals surface area contributed by atoms with Crippen LogP contribution in [-0.2, 0) is 9.53 Å². The summed E-state index contributed by atoms with van der Waals surface area (Å²) in [5.41, 5.74) is 7.61. The molecule has 0 spiro atoms. The SMILES string of the molecule is CCOC(=O)CN(c1ncc(C)cc1N)C1CC1. The molecule has 5 nitrogen and oxygen atoms in total. The summed E-state index contributed by atoms with van der Waals surface area (Å²) >= 11 is 0. The van der Waals surface area contributed by atoms with Gasteiger partial charge in [-0.2, -0.15) is 0 Å². The van der Waals surface area contributed by atoms with Gasteiger partial charge in [0, 0.05) is 12.2 Å². The largest absolute Gasteiger partial charge is 0.465 e. The van der Waals surface area contributed by atoms with Gasteiger partial charge in [0.15, 0.2) is 5.82 Å². The molecule has 18 heavy (non-hydrogen) atoms. The molecule has 2 rings (SSSR count). The highest BCUT2D eigenvalue weighted by molar-refractivity contribution is 5.78. The minimum absolute atomic E-state index is 0.221. The smallest absolute Gasteiger partial charge is 0.325 e. The standard InChI is InChI=1S/C13H19N3O2/c1-3-18-12(17)8-16(10-4-5-10)13-11(14)6-9(2)7-15-13/h6-7,10H,3-5,8,14H2,1-2H3. The predicted molar refractivity (Wildman–Crippen MR) is 70.4 cm³/mol. The topological polar surface area (TPSA) is 68.5 Å². The maximum atomic E-state index is 11.6. The van der Waals surface area contributed by atoms with E-state index in [0.717, 1.165) is 18.4 Å². The number of anilines is 2. The van der Waals surface area contributed by atoms with Crippen LogP contribution in [0.15, 0.2) is 12.3 Å². The highest BCUT2D eigenvalue weighted by Gasteiger charge is 2.32. The van der Waals surface area contributed by atoms with E-state index in [1.54, 1.807) is 13.1 Å². The Kier molecular flexibility index (Phi) is 3.69. The molecule has 0 bridgehead atoms. The van der Waals surface area contributed by atoms with Crippen molar-refractivity contribution in [3.8, 4) is 0 Å². The maximum Gasteiger partial charge on any atom is 0.325 e. The van der Waals surface area contributed by atoms with Crippen LogP contribution in [0.2, 0.25) is 0 Å². The number of hydrogen-bond donors (Lipinski definition) is 1. The van der Waals surface area contributed by atoms with E-state index in [4.69, 9.17) is 10.5 Å². The third kappa shape index (κ3) is 2.91. The van der Waals surface area contributed by atoms with Crippen molar-refractivity contribution in [1.29, 1.82) is 0 Å². The summed E-state index contributed by atoms with van der Waals surface area (Å²) in [5, 5.41) is 0. The van der Waals surface area contributed by atoms with Gasteiger partial charge in [-0.05, 0) is 38.3 Å². The van der Waals surface area contributed by atoms with E-state index in [2.05, 4.69) is 4.98 Å². The van der Waals surface area contributed by atoms with Gasteiger partial charge >= 0.3 is 5.97 Å². The number of nitrogens with zero attached hydrogens (tertiary/aromatic N) is 2. The van der Waals surface area contributed by atoms with E-state index < -0.39 is 0 Å². The molecule has 1 aliphatic carbocycles. The van der Waals surface area contributed by atoms with Crippen LogP contribution in [0.1, 0.15) is 25.3 Å². The van der Waals surface area contributed by atoms with E-state index in [0.29, 0.717) is 24.2 Å². The number of hydrogen-bond acceptors (Lipinski definition) is 5. The van der Waals surface area contributed by atoms with Crippen LogP contribution in [-0.4, -0.2) is 30.1 Å². The number of ether oxygens (including phenoxy) is 1. The van der Waals surface area contributed by atoms with Gasteiger partial charge in [-0.1, -0.05) is 0 Å². The van der Waals surface area contributed by atoms with Crippen LogP contribution in [0.5, 0.6) is 0 Å². The number of pyridine rings is 1. The van der Waals surface area contributed by atoms with Crippen LogP contribution >= 0.6 is 0 Å². The summed E-state index contributed by atoms with van der Waals surface area (Å²) in [4.78, 5) is 17.9. The van der Waals surface area contributed by atoms with E-state index in [9.17, 15) is 4.79 Å². The fourth-order valence-electron chi connectivity index (χ4n) is 1.93. The highest BCUT2D eigenvalue weighted by Crippen LogP contribution is 2.33. The molecule has 1 aromatic heterocycles. The Bertz CT molecular complexity index is 444. The third-order valence-electron chi connectivity index (χ3n) is 2.90. The van der Waals surface area contributed by atoms with E-state index in [1.807, 2.05) is 17.9 Å². The van der Waals surface area contributed by atoms with Crippen LogP contribution < -0.4 is 10.6 Å². The van der Waals surface area contributed by atoms with Gasteiger partial charge in [-0.3, -0.25) is 4.79 Å². The highest BCUT2D eigenvalue weighted by atomic mass is 16.5. The second-order valence-corrected chi connectivity index (χ2v) is 4.59. The summed E-state index contributed by atoms with van der Waals surface area (Å²) in [7, 11) is 0. The number of nitrogen functional groups attached to an aromatic ring is 1. The van der Waals surface area contributed by atoms with Gasteiger partial charge < -0.3 is 15.4 Å². The number of aromatic nitrogens is 1. The van der Waals surface area contributed by atoms with Crippen molar-refractivity contribution in [2.75, 3.05) is 23.8 Å². The Labute approximate surface area is 107 Å². The number of esters is 1. The molecular formula is C13H19N3O2. The molecule has 1 heterocycles. The molecule has 98 valence electrons. The number of nitrogens with two attached hydrogens (primary N) is 1. The maximum absolute atomic E-state index is 11.6. The average Bonchev–Trinajstić information content (AvgIpc) is 3.11. The molecule has 2 N–H and O–H groups in total. The summed E-state index contributed by atoms with van der Waals surface area (Å²) in [6.07, 6.45) is 3.93. The second kappa shape index (κ2) is 5.25. The fourth-order valence-corrected chi connectivity index (χ4v) is 1.93. The van der Waals surface area contributed by atoms with Crippen molar-refractivity contribution in [3.63, 3.8) is 0 Å². The van der Waals surface area contributed by atoms with Gasteiger partial charge in [0.05, 0.1) is 12.3 Å². The minimum atomic E-state index is -0.230. The fraction of sp³-hybridized carbons (Fsp3) is 0.538. The van der Waals surface area contributed by atoms with Crippen LogP contribution in [0.25, 0.3) is 0 Å². The Morgan fingerprint density at radius 3 is 2.89 bits per heavy atom. The monoisotopic (exact) mass is 249 g/mol. The Morgan fingerprint density at radius 1 is 1.61 bits per heavy atom. The molecule has 0 unspecified atom stereocenters. The van der Waals surface area contributed by atoms with Crippen LogP contribution in [0, 0.1) is 6.92 Å². The Balaban J connectivity index is 2.16. The molecule has 1 aliphatic rings. The molecule has 0 aromatic carbocycles. The van der Waals surface area contributed by atoms with Gasteiger partial charge in [0.2, 0.25) is 0 Å². The number of rotatable bonds is 5.